The van der Waals surface area contributed by atoms with Crippen LogP contribution in [0.5, 0.6) is 11.5 Å². The summed E-state index contributed by atoms with van der Waals surface area (Å²) >= 11 is 0. The van der Waals surface area contributed by atoms with Crippen molar-refractivity contribution in [2.24, 2.45) is 0 Å². The van der Waals surface area contributed by atoms with Crippen LogP contribution < -0.4 is 4.74 Å². The SMILES string of the molecule is COc1cccc(-c2n[nH]c3cccc(O)c23)c1. The van der Waals surface area contributed by atoms with Crippen LogP contribution in [0.1, 0.15) is 0 Å². The van der Waals surface area contributed by atoms with Gasteiger partial charge in [-0.15, -0.1) is 0 Å². The topological polar surface area (TPSA) is 58.1 Å². The van der Waals surface area contributed by atoms with Gasteiger partial charge in [-0.2, -0.15) is 5.10 Å². The maximum atomic E-state index is 9.94. The first kappa shape index (κ1) is 10.7. The lowest BCUT2D eigenvalue weighted by molar-refractivity contribution is 0.415. The molecule has 0 aliphatic heterocycles. The molecule has 3 rings (SSSR count). The number of nitrogens with one attached hydrogen (secondary N) is 1. The van der Waals surface area contributed by atoms with Crippen molar-refractivity contribution < 1.29 is 9.84 Å². The summed E-state index contributed by atoms with van der Waals surface area (Å²) in [7, 11) is 1.62. The fourth-order valence-electron chi connectivity index (χ4n) is 2.03. The molecule has 0 atom stereocenters. The smallest absolute Gasteiger partial charge is 0.127 e. The van der Waals surface area contributed by atoms with Crippen LogP contribution in [-0.4, -0.2) is 22.4 Å². The lowest BCUT2D eigenvalue weighted by atomic mass is 10.1. The summed E-state index contributed by atoms with van der Waals surface area (Å²) in [4.78, 5) is 0. The van der Waals surface area contributed by atoms with E-state index in [-0.39, 0.29) is 5.75 Å². The molecule has 3 aromatic rings. The van der Waals surface area contributed by atoms with Crippen molar-refractivity contribution in [1.29, 1.82) is 0 Å². The van der Waals surface area contributed by atoms with Gasteiger partial charge >= 0.3 is 0 Å². The summed E-state index contributed by atoms with van der Waals surface area (Å²) in [5.74, 6) is 0.984. The van der Waals surface area contributed by atoms with Crippen molar-refractivity contribution in [3.63, 3.8) is 0 Å². The van der Waals surface area contributed by atoms with Gasteiger partial charge < -0.3 is 9.84 Å². The number of benzene rings is 2. The number of fused-ring (bicyclic) bond motifs is 1. The zero-order chi connectivity index (χ0) is 12.5. The van der Waals surface area contributed by atoms with E-state index in [4.69, 9.17) is 4.74 Å². The summed E-state index contributed by atoms with van der Waals surface area (Å²) in [6.45, 7) is 0. The molecule has 0 aliphatic carbocycles. The minimum atomic E-state index is 0.221. The minimum Gasteiger partial charge on any atom is -0.507 e. The van der Waals surface area contributed by atoms with Gasteiger partial charge in [-0.3, -0.25) is 5.10 Å². The number of H-pyrrole nitrogens is 1. The predicted octanol–water partition coefficient (Wildman–Crippen LogP) is 2.94. The molecule has 90 valence electrons. The van der Waals surface area contributed by atoms with E-state index >= 15 is 0 Å². The maximum absolute atomic E-state index is 9.94. The lowest BCUT2D eigenvalue weighted by Gasteiger charge is -2.03. The highest BCUT2D eigenvalue weighted by atomic mass is 16.5. The molecule has 1 aromatic heterocycles. The number of aromatic nitrogens is 2. The Kier molecular flexibility index (Phi) is 2.41. The molecule has 0 fully saturated rings. The van der Waals surface area contributed by atoms with E-state index in [0.29, 0.717) is 0 Å². The predicted molar refractivity (Wildman–Crippen MR) is 69.7 cm³/mol. The van der Waals surface area contributed by atoms with E-state index in [1.807, 2.05) is 30.3 Å². The Morgan fingerprint density at radius 2 is 2.00 bits per heavy atom. The number of rotatable bonds is 2. The van der Waals surface area contributed by atoms with Gasteiger partial charge in [0, 0.05) is 5.56 Å². The normalized spacial score (nSPS) is 10.7. The number of phenolic OH excluding ortho intramolecular Hbond substituents is 1. The molecule has 0 radical (unpaired) electrons. The average molecular weight is 240 g/mol. The molecule has 4 heteroatoms. The molecule has 0 aliphatic rings. The average Bonchev–Trinajstić information content (AvgIpc) is 2.84. The number of hydrogen-bond acceptors (Lipinski definition) is 3. The van der Waals surface area contributed by atoms with Crippen LogP contribution in [0.15, 0.2) is 42.5 Å². The van der Waals surface area contributed by atoms with E-state index < -0.39 is 0 Å². The number of phenols is 1. The monoisotopic (exact) mass is 240 g/mol. The molecule has 1 heterocycles. The van der Waals surface area contributed by atoms with Crippen LogP contribution in [0.25, 0.3) is 22.2 Å². The third-order valence-electron chi connectivity index (χ3n) is 2.91. The third kappa shape index (κ3) is 1.59. The Bertz CT molecular complexity index is 704. The van der Waals surface area contributed by atoms with Gasteiger partial charge in [-0.1, -0.05) is 18.2 Å². The van der Waals surface area contributed by atoms with Gasteiger partial charge in [0.1, 0.15) is 17.2 Å². The standard InChI is InChI=1S/C14H12N2O2/c1-18-10-5-2-4-9(8-10)14-13-11(15-16-14)6-3-7-12(13)17/h2-8,17H,1H3,(H,15,16). The van der Waals surface area contributed by atoms with Crippen molar-refractivity contribution in [2.45, 2.75) is 0 Å². The summed E-state index contributed by atoms with van der Waals surface area (Å²) in [5.41, 5.74) is 2.44. The van der Waals surface area contributed by atoms with Crippen LogP contribution >= 0.6 is 0 Å². The Morgan fingerprint density at radius 3 is 2.83 bits per heavy atom. The molecule has 0 amide bonds. The van der Waals surface area contributed by atoms with Crippen molar-refractivity contribution >= 4 is 10.9 Å². The van der Waals surface area contributed by atoms with Crippen LogP contribution in [0.3, 0.4) is 0 Å². The second kappa shape index (κ2) is 4.07. The van der Waals surface area contributed by atoms with E-state index in [0.717, 1.165) is 27.9 Å². The van der Waals surface area contributed by atoms with Crippen molar-refractivity contribution in [1.82, 2.24) is 10.2 Å². The minimum absolute atomic E-state index is 0.221. The molecule has 0 spiro atoms. The van der Waals surface area contributed by atoms with Gasteiger partial charge in [0.2, 0.25) is 0 Å². The summed E-state index contributed by atoms with van der Waals surface area (Å²) < 4.78 is 5.19. The van der Waals surface area contributed by atoms with Gasteiger partial charge in [0.05, 0.1) is 18.0 Å². The highest BCUT2D eigenvalue weighted by molar-refractivity contribution is 5.97. The molecule has 0 bridgehead atoms. The van der Waals surface area contributed by atoms with Gasteiger partial charge in [-0.25, -0.2) is 0 Å². The first-order valence-electron chi connectivity index (χ1n) is 5.60. The second-order valence-corrected chi connectivity index (χ2v) is 4.00. The molecule has 18 heavy (non-hydrogen) atoms. The number of aromatic amines is 1. The van der Waals surface area contributed by atoms with Crippen molar-refractivity contribution in [2.75, 3.05) is 7.11 Å². The van der Waals surface area contributed by atoms with Gasteiger partial charge in [-0.05, 0) is 24.3 Å². The second-order valence-electron chi connectivity index (χ2n) is 4.00. The highest BCUT2D eigenvalue weighted by Gasteiger charge is 2.11. The van der Waals surface area contributed by atoms with Gasteiger partial charge in [0.15, 0.2) is 0 Å². The molecule has 2 N–H and O–H groups in total. The molecular formula is C14H12N2O2. The first-order chi connectivity index (χ1) is 8.79. The van der Waals surface area contributed by atoms with Gasteiger partial charge in [0.25, 0.3) is 0 Å². The zero-order valence-electron chi connectivity index (χ0n) is 9.84. The largest absolute Gasteiger partial charge is 0.507 e. The van der Waals surface area contributed by atoms with Crippen molar-refractivity contribution in [3.05, 3.63) is 42.5 Å². The number of ether oxygens (including phenoxy) is 1. The highest BCUT2D eigenvalue weighted by Crippen LogP contribution is 2.33. The van der Waals surface area contributed by atoms with Crippen molar-refractivity contribution in [3.8, 4) is 22.8 Å². The van der Waals surface area contributed by atoms with Crippen LogP contribution in [0.2, 0.25) is 0 Å². The Labute approximate surface area is 104 Å². The number of hydrogen-bond donors (Lipinski definition) is 2. The first-order valence-corrected chi connectivity index (χ1v) is 5.60. The van der Waals surface area contributed by atoms with E-state index in [1.165, 1.54) is 0 Å². The quantitative estimate of drug-likeness (QED) is 0.724. The Hall–Kier alpha value is -2.49. The maximum Gasteiger partial charge on any atom is 0.127 e. The number of aromatic hydroxyl groups is 1. The molecule has 4 nitrogen and oxygen atoms in total. The van der Waals surface area contributed by atoms with Crippen LogP contribution in [0, 0.1) is 0 Å². The molecule has 0 unspecified atom stereocenters. The Balaban J connectivity index is 2.25. The summed E-state index contributed by atoms with van der Waals surface area (Å²) in [5, 5.41) is 17.8. The Morgan fingerprint density at radius 1 is 1.17 bits per heavy atom. The molecule has 2 aromatic carbocycles. The third-order valence-corrected chi connectivity index (χ3v) is 2.91. The van der Waals surface area contributed by atoms with E-state index in [9.17, 15) is 5.11 Å². The molecule has 0 saturated heterocycles. The number of methoxy groups -OCH3 is 1. The summed E-state index contributed by atoms with van der Waals surface area (Å²) in [6.07, 6.45) is 0. The summed E-state index contributed by atoms with van der Waals surface area (Å²) in [6, 6.07) is 12.9. The van der Waals surface area contributed by atoms with Crippen LogP contribution in [-0.2, 0) is 0 Å². The van der Waals surface area contributed by atoms with Crippen LogP contribution in [0.4, 0.5) is 0 Å². The zero-order valence-corrected chi connectivity index (χ0v) is 9.84. The lowest BCUT2D eigenvalue weighted by Crippen LogP contribution is -1.84. The van der Waals surface area contributed by atoms with E-state index in [1.54, 1.807) is 19.2 Å². The number of nitrogens with zero attached hydrogens (tertiary/aromatic N) is 1. The van der Waals surface area contributed by atoms with E-state index in [2.05, 4.69) is 10.2 Å². The molecule has 0 saturated carbocycles. The molecular weight excluding hydrogens is 228 g/mol. The fourth-order valence-corrected chi connectivity index (χ4v) is 2.03. The fraction of sp³-hybridized carbons (Fsp3) is 0.0714.